The summed E-state index contributed by atoms with van der Waals surface area (Å²) in [4.78, 5) is 68.8. The lowest BCUT2D eigenvalue weighted by Crippen LogP contribution is -2.62. The molecule has 0 aromatic carbocycles. The standard InChI is InChI=1S/C35H54N6O7S2/c1-12-15-22(27(42)30(44)36-17-13-2)37-29(43)26-25-21(35(25,9)10)19-41(26)31(45)28(34(6,7)8)39-32(46)38-23(33(3,4)5)20-40(11)50(47,48)24-16-14-18-49-24/h1,14,16,18,21-23,25-26,28H,13,15,17,19-20H2,2-11H3,(H,36,44)(H,37,43)(H2,38,39,46)/t21-,22?,23+,25-,26-,28+/m0/s1. The molecule has 15 heteroatoms. The summed E-state index contributed by atoms with van der Waals surface area (Å²) in [5.74, 6) is -0.607. The molecule has 0 radical (unpaired) electrons. The number of amides is 5. The van der Waals surface area contributed by atoms with Gasteiger partial charge in [-0.05, 0) is 45.9 Å². The number of likely N-dealkylation sites (N-methyl/N-ethyl adjacent to an activating group) is 1. The van der Waals surface area contributed by atoms with Gasteiger partial charge < -0.3 is 26.2 Å². The fourth-order valence-electron chi connectivity index (χ4n) is 6.48. The quantitative estimate of drug-likeness (QED) is 0.168. The first-order chi connectivity index (χ1) is 23.0. The number of nitrogens with zero attached hydrogens (tertiary/aromatic N) is 2. The minimum Gasteiger partial charge on any atom is -0.349 e. The van der Waals surface area contributed by atoms with E-state index in [9.17, 15) is 32.4 Å². The normalized spacial score (nSPS) is 21.6. The van der Waals surface area contributed by atoms with Crippen LogP contribution in [0, 0.1) is 40.4 Å². The molecule has 1 aliphatic carbocycles. The fourth-order valence-corrected chi connectivity index (χ4v) is 8.87. The van der Waals surface area contributed by atoms with Crippen molar-refractivity contribution in [2.45, 2.75) is 104 Å². The average Bonchev–Trinajstić information content (AvgIpc) is 3.47. The Kier molecular flexibility index (Phi) is 12.6. The van der Waals surface area contributed by atoms with E-state index in [4.69, 9.17) is 6.42 Å². The number of ketones is 1. The number of carbonyl (C=O) groups is 5. The summed E-state index contributed by atoms with van der Waals surface area (Å²) in [6, 6.07) is -1.42. The third kappa shape index (κ3) is 9.05. The van der Waals surface area contributed by atoms with Gasteiger partial charge in [-0.3, -0.25) is 19.2 Å². The second-order valence-electron chi connectivity index (χ2n) is 16.0. The van der Waals surface area contributed by atoms with Crippen LogP contribution in [0.3, 0.4) is 0 Å². The molecule has 1 aromatic heterocycles. The van der Waals surface area contributed by atoms with Crippen LogP contribution in [0.4, 0.5) is 4.79 Å². The van der Waals surface area contributed by atoms with Crippen LogP contribution in [-0.4, -0.2) is 98.0 Å². The van der Waals surface area contributed by atoms with E-state index in [1.54, 1.807) is 32.2 Å². The molecule has 1 saturated heterocycles. The Morgan fingerprint density at radius 1 is 1.08 bits per heavy atom. The van der Waals surface area contributed by atoms with Crippen LogP contribution in [0.15, 0.2) is 21.7 Å². The lowest BCUT2D eigenvalue weighted by atomic mass is 9.85. The predicted octanol–water partition coefficient (Wildman–Crippen LogP) is 2.58. The Bertz CT molecular complexity index is 1590. The van der Waals surface area contributed by atoms with Crippen LogP contribution < -0.4 is 21.3 Å². The van der Waals surface area contributed by atoms with Crippen LogP contribution in [0.25, 0.3) is 0 Å². The zero-order valence-corrected chi connectivity index (χ0v) is 32.5. The second-order valence-corrected chi connectivity index (χ2v) is 19.3. The maximum absolute atomic E-state index is 14.4. The van der Waals surface area contributed by atoms with Gasteiger partial charge in [-0.15, -0.1) is 23.7 Å². The first-order valence-corrected chi connectivity index (χ1v) is 19.2. The van der Waals surface area contributed by atoms with Gasteiger partial charge in [0, 0.05) is 39.1 Å². The van der Waals surface area contributed by atoms with Crippen molar-refractivity contribution in [1.29, 1.82) is 0 Å². The van der Waals surface area contributed by atoms with E-state index in [2.05, 4.69) is 27.2 Å². The molecule has 6 atom stereocenters. The van der Waals surface area contributed by atoms with Crippen LogP contribution in [0.5, 0.6) is 0 Å². The number of urea groups is 1. The Morgan fingerprint density at radius 2 is 1.72 bits per heavy atom. The predicted molar refractivity (Wildman–Crippen MR) is 192 cm³/mol. The summed E-state index contributed by atoms with van der Waals surface area (Å²) in [6.07, 6.45) is 5.91. The van der Waals surface area contributed by atoms with Crippen molar-refractivity contribution in [3.8, 4) is 12.3 Å². The number of Topliss-reactive ketones (excluding diaryl/α,β-unsaturated/α-hetero) is 1. The maximum Gasteiger partial charge on any atom is 0.315 e. The van der Waals surface area contributed by atoms with Crippen molar-refractivity contribution in [3.63, 3.8) is 0 Å². The monoisotopic (exact) mass is 734 g/mol. The van der Waals surface area contributed by atoms with E-state index < -0.39 is 74.6 Å². The molecule has 1 aromatic rings. The van der Waals surface area contributed by atoms with Crippen molar-refractivity contribution in [2.75, 3.05) is 26.7 Å². The zero-order chi connectivity index (χ0) is 38.0. The number of hydrogen-bond acceptors (Lipinski definition) is 8. The number of nitrogens with one attached hydrogen (secondary N) is 4. The fraction of sp³-hybridized carbons (Fsp3) is 0.686. The van der Waals surface area contributed by atoms with Gasteiger partial charge in [0.05, 0.1) is 0 Å². The molecule has 3 rings (SSSR count). The number of carbonyl (C=O) groups excluding carboxylic acids is 5. The van der Waals surface area contributed by atoms with Gasteiger partial charge in [-0.25, -0.2) is 13.2 Å². The Labute approximate surface area is 301 Å². The number of terminal acetylenes is 1. The minimum atomic E-state index is -3.78. The van der Waals surface area contributed by atoms with Gasteiger partial charge in [0.25, 0.3) is 15.9 Å². The van der Waals surface area contributed by atoms with Gasteiger partial charge in [-0.1, -0.05) is 68.4 Å². The first-order valence-electron chi connectivity index (χ1n) is 16.9. The van der Waals surface area contributed by atoms with Crippen molar-refractivity contribution in [1.82, 2.24) is 30.5 Å². The molecular formula is C35H54N6O7S2. The topological polar surface area (TPSA) is 174 Å². The molecule has 1 saturated carbocycles. The summed E-state index contributed by atoms with van der Waals surface area (Å²) < 4.78 is 27.7. The lowest BCUT2D eigenvalue weighted by Gasteiger charge is -2.39. The van der Waals surface area contributed by atoms with Crippen LogP contribution >= 0.6 is 11.3 Å². The third-order valence-corrected chi connectivity index (χ3v) is 13.0. The molecule has 50 heavy (non-hydrogen) atoms. The maximum atomic E-state index is 14.4. The summed E-state index contributed by atoms with van der Waals surface area (Å²) in [7, 11) is -2.32. The number of hydrogen-bond donors (Lipinski definition) is 4. The number of piperidine rings is 1. The van der Waals surface area contributed by atoms with Crippen LogP contribution in [0.2, 0.25) is 0 Å². The highest BCUT2D eigenvalue weighted by atomic mass is 32.2. The van der Waals surface area contributed by atoms with E-state index >= 15 is 0 Å². The van der Waals surface area contributed by atoms with E-state index in [-0.39, 0.29) is 41.0 Å². The minimum absolute atomic E-state index is 0.0115. The highest BCUT2D eigenvalue weighted by Crippen LogP contribution is 2.65. The molecule has 2 fully saturated rings. The molecule has 278 valence electrons. The smallest absolute Gasteiger partial charge is 0.315 e. The van der Waals surface area contributed by atoms with E-state index in [0.717, 1.165) is 11.3 Å². The van der Waals surface area contributed by atoms with Gasteiger partial charge in [-0.2, -0.15) is 4.31 Å². The molecule has 0 bridgehead atoms. The van der Waals surface area contributed by atoms with Crippen molar-refractivity contribution < 1.29 is 32.4 Å². The number of thiophene rings is 1. The second kappa shape index (κ2) is 15.4. The third-order valence-electron chi connectivity index (χ3n) is 9.81. The van der Waals surface area contributed by atoms with Crippen LogP contribution in [-0.2, 0) is 29.2 Å². The molecule has 1 aliphatic heterocycles. The number of sulfonamides is 1. The van der Waals surface area contributed by atoms with E-state index in [1.807, 2.05) is 41.5 Å². The van der Waals surface area contributed by atoms with Gasteiger partial charge in [0.1, 0.15) is 22.3 Å². The van der Waals surface area contributed by atoms with Crippen LogP contribution in [0.1, 0.15) is 75.2 Å². The zero-order valence-electron chi connectivity index (χ0n) is 30.9. The largest absolute Gasteiger partial charge is 0.349 e. The number of likely N-dealkylation sites (tertiary alicyclic amines) is 1. The number of fused-ring (bicyclic) bond motifs is 1. The van der Waals surface area contributed by atoms with Crippen molar-refractivity contribution >= 4 is 50.9 Å². The summed E-state index contributed by atoms with van der Waals surface area (Å²) in [6.45, 7) is 17.4. The van der Waals surface area contributed by atoms with E-state index in [0.29, 0.717) is 13.0 Å². The molecule has 13 nitrogen and oxygen atoms in total. The molecule has 1 unspecified atom stereocenters. The first kappa shape index (κ1) is 40.9. The average molecular weight is 735 g/mol. The molecule has 2 heterocycles. The SMILES string of the molecule is C#CCC(NC(=O)[C@@H]1[C@@H]2[C@H](CN1C(=O)[C@@H](NC(=O)N[C@H](CN(C)S(=O)(=O)c1cccs1)C(C)(C)C)C(C)(C)C)C2(C)C)C(=O)C(=O)NCCC. The molecule has 4 N–H and O–H groups in total. The van der Waals surface area contributed by atoms with Gasteiger partial charge in [0.2, 0.25) is 17.6 Å². The van der Waals surface area contributed by atoms with Crippen molar-refractivity contribution in [3.05, 3.63) is 17.5 Å². The number of rotatable bonds is 14. The van der Waals surface area contributed by atoms with Crippen molar-refractivity contribution in [2.24, 2.45) is 28.1 Å². The Morgan fingerprint density at radius 3 is 2.24 bits per heavy atom. The Hall–Kier alpha value is -3.48. The van der Waals surface area contributed by atoms with Gasteiger partial charge >= 0.3 is 6.03 Å². The summed E-state index contributed by atoms with van der Waals surface area (Å²) in [5.41, 5.74) is -1.61. The highest BCUT2D eigenvalue weighted by molar-refractivity contribution is 7.91. The molecule has 5 amide bonds. The summed E-state index contributed by atoms with van der Waals surface area (Å²) in [5, 5.41) is 12.6. The molecule has 0 spiro atoms. The lowest BCUT2D eigenvalue weighted by molar-refractivity contribution is -0.145. The van der Waals surface area contributed by atoms with Gasteiger partial charge in [0.15, 0.2) is 0 Å². The molecular weight excluding hydrogens is 681 g/mol. The molecule has 2 aliphatic rings. The summed E-state index contributed by atoms with van der Waals surface area (Å²) >= 11 is 1.11. The highest BCUT2D eigenvalue weighted by Gasteiger charge is 2.70. The van der Waals surface area contributed by atoms with E-state index in [1.165, 1.54) is 22.3 Å². The Balaban J connectivity index is 1.83.